The van der Waals surface area contributed by atoms with E-state index in [-0.39, 0.29) is 0 Å². The van der Waals surface area contributed by atoms with Crippen molar-refractivity contribution in [3.63, 3.8) is 0 Å². The summed E-state index contributed by atoms with van der Waals surface area (Å²) >= 11 is 0. The van der Waals surface area contributed by atoms with Gasteiger partial charge in [-0.15, -0.1) is 0 Å². The predicted octanol–water partition coefficient (Wildman–Crippen LogP) is 3.04. The quantitative estimate of drug-likeness (QED) is 0.818. The van der Waals surface area contributed by atoms with Crippen LogP contribution in [-0.4, -0.2) is 20.2 Å². The van der Waals surface area contributed by atoms with Crippen molar-refractivity contribution >= 4 is 0 Å². The number of ether oxygens (including phenoxy) is 1. The lowest BCUT2D eigenvalue weighted by molar-refractivity contribution is 0.391. The summed E-state index contributed by atoms with van der Waals surface area (Å²) in [4.78, 5) is 0. The summed E-state index contributed by atoms with van der Waals surface area (Å²) < 4.78 is 5.44. The van der Waals surface area contributed by atoms with Crippen molar-refractivity contribution in [2.24, 2.45) is 5.92 Å². The molecule has 0 amide bonds. The van der Waals surface area contributed by atoms with E-state index in [0.29, 0.717) is 12.0 Å². The number of aryl methyl sites for hydroxylation is 1. The van der Waals surface area contributed by atoms with E-state index in [1.807, 2.05) is 7.05 Å². The van der Waals surface area contributed by atoms with Crippen molar-refractivity contribution in [3.05, 3.63) is 29.3 Å². The zero-order chi connectivity index (χ0) is 12.8. The van der Waals surface area contributed by atoms with E-state index < -0.39 is 0 Å². The minimum absolute atomic E-state index is 0.496. The molecular formula is C15H25NO. The molecule has 2 heteroatoms. The fourth-order valence-electron chi connectivity index (χ4n) is 2.12. The van der Waals surface area contributed by atoms with Gasteiger partial charge in [-0.25, -0.2) is 0 Å². The summed E-state index contributed by atoms with van der Waals surface area (Å²) in [6, 6.07) is 7.00. The first kappa shape index (κ1) is 14.0. The molecule has 0 aliphatic rings. The Morgan fingerprint density at radius 1 is 1.29 bits per heavy atom. The Morgan fingerprint density at radius 3 is 2.47 bits per heavy atom. The minimum atomic E-state index is 0.496. The summed E-state index contributed by atoms with van der Waals surface area (Å²) in [6.45, 7) is 6.68. The van der Waals surface area contributed by atoms with Crippen LogP contribution in [0.1, 0.15) is 31.9 Å². The lowest BCUT2D eigenvalue weighted by Gasteiger charge is -2.21. The van der Waals surface area contributed by atoms with E-state index in [4.69, 9.17) is 4.74 Å². The van der Waals surface area contributed by atoms with Gasteiger partial charge in [-0.2, -0.15) is 0 Å². The van der Waals surface area contributed by atoms with Crippen molar-refractivity contribution in [2.75, 3.05) is 14.2 Å². The third kappa shape index (κ3) is 3.74. The van der Waals surface area contributed by atoms with Crippen LogP contribution in [0.5, 0.6) is 5.75 Å². The zero-order valence-electron chi connectivity index (χ0n) is 11.7. The van der Waals surface area contributed by atoms with Crippen molar-refractivity contribution in [1.29, 1.82) is 0 Å². The first-order chi connectivity index (χ1) is 8.12. The van der Waals surface area contributed by atoms with Gasteiger partial charge in [-0.1, -0.05) is 32.9 Å². The van der Waals surface area contributed by atoms with Gasteiger partial charge >= 0.3 is 0 Å². The van der Waals surface area contributed by atoms with Gasteiger partial charge in [0.2, 0.25) is 0 Å². The van der Waals surface area contributed by atoms with Gasteiger partial charge in [0.05, 0.1) is 7.11 Å². The number of hydrogen-bond acceptors (Lipinski definition) is 2. The second kappa shape index (κ2) is 6.65. The summed E-state index contributed by atoms with van der Waals surface area (Å²) in [7, 11) is 3.77. The Bertz CT molecular complexity index is 347. The van der Waals surface area contributed by atoms with Gasteiger partial charge in [0.1, 0.15) is 5.75 Å². The predicted molar refractivity (Wildman–Crippen MR) is 73.8 cm³/mol. The highest BCUT2D eigenvalue weighted by molar-refractivity contribution is 5.38. The molecule has 2 nitrogen and oxygen atoms in total. The van der Waals surface area contributed by atoms with Gasteiger partial charge in [0, 0.05) is 6.04 Å². The molecule has 1 aromatic carbocycles. The van der Waals surface area contributed by atoms with Crippen LogP contribution in [0.25, 0.3) is 0 Å². The maximum Gasteiger partial charge on any atom is 0.122 e. The summed E-state index contributed by atoms with van der Waals surface area (Å²) in [5, 5.41) is 3.38. The van der Waals surface area contributed by atoms with Crippen LogP contribution in [0.15, 0.2) is 18.2 Å². The van der Waals surface area contributed by atoms with E-state index in [1.165, 1.54) is 11.1 Å². The summed E-state index contributed by atoms with van der Waals surface area (Å²) in [5.74, 6) is 1.62. The van der Waals surface area contributed by atoms with E-state index in [2.05, 4.69) is 44.3 Å². The van der Waals surface area contributed by atoms with Crippen molar-refractivity contribution < 1.29 is 4.74 Å². The highest BCUT2D eigenvalue weighted by Crippen LogP contribution is 2.23. The Balaban J connectivity index is 2.93. The SMILES string of the molecule is CCc1ccc(OC)c(CC(NC)C(C)C)c1. The second-order valence-electron chi connectivity index (χ2n) is 4.84. The van der Waals surface area contributed by atoms with Crippen LogP contribution in [-0.2, 0) is 12.8 Å². The molecule has 1 N–H and O–H groups in total. The first-order valence-electron chi connectivity index (χ1n) is 6.45. The van der Waals surface area contributed by atoms with Crippen molar-refractivity contribution in [3.8, 4) is 5.75 Å². The lowest BCUT2D eigenvalue weighted by atomic mass is 9.94. The van der Waals surface area contributed by atoms with Crippen LogP contribution in [0, 0.1) is 5.92 Å². The van der Waals surface area contributed by atoms with Gasteiger partial charge in [0.15, 0.2) is 0 Å². The molecule has 0 aliphatic carbocycles. The Hall–Kier alpha value is -1.02. The largest absolute Gasteiger partial charge is 0.496 e. The van der Waals surface area contributed by atoms with Gasteiger partial charge < -0.3 is 10.1 Å². The minimum Gasteiger partial charge on any atom is -0.496 e. The molecule has 0 spiro atoms. The van der Waals surface area contributed by atoms with Crippen LogP contribution in [0.3, 0.4) is 0 Å². The molecule has 96 valence electrons. The maximum atomic E-state index is 5.44. The Morgan fingerprint density at radius 2 is 2.00 bits per heavy atom. The molecule has 0 bridgehead atoms. The van der Waals surface area contributed by atoms with Crippen molar-refractivity contribution in [2.45, 2.75) is 39.7 Å². The third-order valence-electron chi connectivity index (χ3n) is 3.37. The molecule has 17 heavy (non-hydrogen) atoms. The van der Waals surface area contributed by atoms with Gasteiger partial charge in [-0.05, 0) is 43.0 Å². The van der Waals surface area contributed by atoms with E-state index >= 15 is 0 Å². The fourth-order valence-corrected chi connectivity index (χ4v) is 2.12. The smallest absolute Gasteiger partial charge is 0.122 e. The Kier molecular flexibility index (Phi) is 5.49. The average Bonchev–Trinajstić information content (AvgIpc) is 2.35. The zero-order valence-corrected chi connectivity index (χ0v) is 11.7. The number of rotatable bonds is 6. The van der Waals surface area contributed by atoms with Crippen LogP contribution in [0.2, 0.25) is 0 Å². The Labute approximate surface area is 105 Å². The summed E-state index contributed by atoms with van der Waals surface area (Å²) in [6.07, 6.45) is 2.09. The molecule has 0 heterocycles. The molecule has 0 aliphatic heterocycles. The number of methoxy groups -OCH3 is 1. The third-order valence-corrected chi connectivity index (χ3v) is 3.37. The van der Waals surface area contributed by atoms with E-state index in [1.54, 1.807) is 7.11 Å². The van der Waals surface area contributed by atoms with Crippen LogP contribution >= 0.6 is 0 Å². The molecule has 0 saturated heterocycles. The van der Waals surface area contributed by atoms with Crippen LogP contribution in [0.4, 0.5) is 0 Å². The number of nitrogens with one attached hydrogen (secondary N) is 1. The molecular weight excluding hydrogens is 210 g/mol. The molecule has 0 aromatic heterocycles. The maximum absolute atomic E-state index is 5.44. The molecule has 0 fully saturated rings. The molecule has 1 unspecified atom stereocenters. The average molecular weight is 235 g/mol. The molecule has 1 aromatic rings. The van der Waals surface area contributed by atoms with Gasteiger partial charge in [0.25, 0.3) is 0 Å². The first-order valence-corrected chi connectivity index (χ1v) is 6.45. The highest BCUT2D eigenvalue weighted by Gasteiger charge is 2.14. The molecule has 0 radical (unpaired) electrons. The lowest BCUT2D eigenvalue weighted by Crippen LogP contribution is -2.32. The highest BCUT2D eigenvalue weighted by atomic mass is 16.5. The summed E-state index contributed by atoms with van der Waals surface area (Å²) in [5.41, 5.74) is 2.68. The number of likely N-dealkylation sites (N-methyl/N-ethyl adjacent to an activating group) is 1. The standard InChI is InChI=1S/C15H25NO/c1-6-12-7-8-15(17-5)13(9-12)10-14(16-4)11(2)3/h7-9,11,14,16H,6,10H2,1-5H3. The monoisotopic (exact) mass is 235 g/mol. The van der Waals surface area contributed by atoms with Crippen molar-refractivity contribution in [1.82, 2.24) is 5.32 Å². The van der Waals surface area contributed by atoms with Crippen LogP contribution < -0.4 is 10.1 Å². The topological polar surface area (TPSA) is 21.3 Å². The molecule has 0 saturated carbocycles. The molecule has 1 atom stereocenters. The number of hydrogen-bond donors (Lipinski definition) is 1. The van der Waals surface area contributed by atoms with E-state index in [0.717, 1.165) is 18.6 Å². The second-order valence-corrected chi connectivity index (χ2v) is 4.84. The molecule has 1 rings (SSSR count). The fraction of sp³-hybridized carbons (Fsp3) is 0.600. The van der Waals surface area contributed by atoms with E-state index in [9.17, 15) is 0 Å². The van der Waals surface area contributed by atoms with Gasteiger partial charge in [-0.3, -0.25) is 0 Å². The number of benzene rings is 1. The normalized spacial score (nSPS) is 12.8.